The molecule has 3 saturated heterocycles. The lowest BCUT2D eigenvalue weighted by Crippen LogP contribution is -2.64. The second-order valence-electron chi connectivity index (χ2n) is 8.82. The van der Waals surface area contributed by atoms with E-state index in [4.69, 9.17) is 25.8 Å². The van der Waals surface area contributed by atoms with Gasteiger partial charge in [-0.05, 0) is 52.3 Å². The molecule has 3 N–H and O–H groups in total. The van der Waals surface area contributed by atoms with Crippen molar-refractivity contribution in [3.05, 3.63) is 0 Å². The Hall–Kier alpha value is -0.0900. The average molecular weight is 451 g/mol. The molecule has 0 spiro atoms. The molecule has 0 aliphatic carbocycles. The zero-order valence-corrected chi connectivity index (χ0v) is 19.5. The van der Waals surface area contributed by atoms with Crippen LogP contribution in [0.4, 0.5) is 0 Å². The molecule has 3 aliphatic rings. The Morgan fingerprint density at radius 3 is 2.69 bits per heavy atom. The maximum Gasteiger partial charge on any atom is 0.237 e. The molecule has 0 bridgehead atoms. The predicted molar refractivity (Wildman–Crippen MR) is 114 cm³/mol. The number of alkyl halides is 1. The van der Waals surface area contributed by atoms with Crippen molar-refractivity contribution in [1.82, 2.24) is 10.6 Å². The van der Waals surface area contributed by atoms with E-state index in [-0.39, 0.29) is 17.3 Å². The van der Waals surface area contributed by atoms with Gasteiger partial charge < -0.3 is 30.0 Å². The van der Waals surface area contributed by atoms with Crippen LogP contribution in [-0.4, -0.2) is 76.9 Å². The number of thioether (sulfide) groups is 1. The van der Waals surface area contributed by atoms with Gasteiger partial charge >= 0.3 is 0 Å². The summed E-state index contributed by atoms with van der Waals surface area (Å²) in [7, 11) is 0. The molecule has 7 nitrogen and oxygen atoms in total. The fourth-order valence-corrected chi connectivity index (χ4v) is 5.53. The maximum absolute atomic E-state index is 13.0. The van der Waals surface area contributed by atoms with Crippen molar-refractivity contribution in [1.29, 1.82) is 0 Å². The molecule has 168 valence electrons. The molecule has 0 saturated carbocycles. The first-order chi connectivity index (χ1) is 13.7. The number of aliphatic hydroxyl groups excluding tert-OH is 1. The molecule has 9 atom stereocenters. The number of amides is 1. The summed E-state index contributed by atoms with van der Waals surface area (Å²) in [5, 5.41) is 16.7. The number of carbonyl (C=O) groups is 1. The topological polar surface area (TPSA) is 89.1 Å². The molecule has 9 heteroatoms. The van der Waals surface area contributed by atoms with E-state index in [0.717, 1.165) is 25.8 Å². The van der Waals surface area contributed by atoms with Crippen LogP contribution < -0.4 is 10.6 Å². The first-order valence-electron chi connectivity index (χ1n) is 10.6. The molecule has 3 fully saturated rings. The minimum absolute atomic E-state index is 0.0637. The minimum Gasteiger partial charge on any atom is -0.387 e. The lowest BCUT2D eigenvalue weighted by Gasteiger charge is -2.43. The molecular weight excluding hydrogens is 416 g/mol. The van der Waals surface area contributed by atoms with Crippen LogP contribution >= 0.6 is 23.4 Å². The lowest BCUT2D eigenvalue weighted by molar-refractivity contribution is -0.168. The number of carbonyl (C=O) groups excluding carboxylic acids is 1. The van der Waals surface area contributed by atoms with Crippen LogP contribution in [-0.2, 0) is 19.0 Å². The number of hydrogen-bond acceptors (Lipinski definition) is 7. The monoisotopic (exact) mass is 450 g/mol. The summed E-state index contributed by atoms with van der Waals surface area (Å²) in [6.45, 7) is 8.50. The lowest BCUT2D eigenvalue weighted by atomic mass is 9.92. The summed E-state index contributed by atoms with van der Waals surface area (Å²) in [4.78, 5) is 13.0. The molecule has 29 heavy (non-hydrogen) atoms. The van der Waals surface area contributed by atoms with Crippen LogP contribution in [0.5, 0.6) is 0 Å². The Kier molecular flexibility index (Phi) is 7.79. The molecule has 0 unspecified atom stereocenters. The zero-order chi connectivity index (χ0) is 21.3. The number of hydrogen-bond donors (Lipinski definition) is 3. The quantitative estimate of drug-likeness (QED) is 0.510. The number of rotatable bonds is 7. The van der Waals surface area contributed by atoms with Crippen molar-refractivity contribution in [3.8, 4) is 0 Å². The zero-order valence-electron chi connectivity index (χ0n) is 17.9. The van der Waals surface area contributed by atoms with Gasteiger partial charge in [-0.1, -0.05) is 13.3 Å². The van der Waals surface area contributed by atoms with Crippen molar-refractivity contribution in [2.24, 2.45) is 5.92 Å². The first-order valence-corrected chi connectivity index (χ1v) is 12.3. The van der Waals surface area contributed by atoms with E-state index in [1.807, 2.05) is 27.0 Å². The van der Waals surface area contributed by atoms with E-state index in [0.29, 0.717) is 5.92 Å². The predicted octanol–water partition coefficient (Wildman–Crippen LogP) is 1.85. The second-order valence-corrected chi connectivity index (χ2v) is 10.4. The first kappa shape index (κ1) is 23.6. The van der Waals surface area contributed by atoms with E-state index in [2.05, 4.69) is 17.6 Å². The Labute approximate surface area is 182 Å². The summed E-state index contributed by atoms with van der Waals surface area (Å²) < 4.78 is 18.2. The third-order valence-electron chi connectivity index (χ3n) is 6.02. The van der Waals surface area contributed by atoms with Gasteiger partial charge in [0.15, 0.2) is 5.79 Å². The molecule has 0 aromatic rings. The van der Waals surface area contributed by atoms with Crippen molar-refractivity contribution >= 4 is 29.3 Å². The summed E-state index contributed by atoms with van der Waals surface area (Å²) >= 11 is 7.92. The molecular formula is C20H35ClN2O5S. The summed E-state index contributed by atoms with van der Waals surface area (Å²) in [5.74, 6) is -0.372. The van der Waals surface area contributed by atoms with Crippen molar-refractivity contribution in [2.75, 3.05) is 12.8 Å². The van der Waals surface area contributed by atoms with Crippen molar-refractivity contribution in [3.63, 3.8) is 0 Å². The van der Waals surface area contributed by atoms with Gasteiger partial charge in [-0.3, -0.25) is 4.79 Å². The Morgan fingerprint density at radius 1 is 1.38 bits per heavy atom. The number of nitrogens with one attached hydrogen (secondary N) is 2. The molecule has 0 aromatic heterocycles. The van der Waals surface area contributed by atoms with Crippen LogP contribution in [0.15, 0.2) is 0 Å². The maximum atomic E-state index is 13.0. The molecule has 3 heterocycles. The molecule has 1 amide bonds. The summed E-state index contributed by atoms with van der Waals surface area (Å²) in [6.07, 6.45) is 2.56. The highest BCUT2D eigenvalue weighted by Crippen LogP contribution is 2.41. The van der Waals surface area contributed by atoms with E-state index in [9.17, 15) is 9.90 Å². The van der Waals surface area contributed by atoms with E-state index in [1.54, 1.807) is 0 Å². The van der Waals surface area contributed by atoms with Crippen LogP contribution in [0.3, 0.4) is 0 Å². The van der Waals surface area contributed by atoms with E-state index >= 15 is 0 Å². The number of ether oxygens (including phenoxy) is 3. The summed E-state index contributed by atoms with van der Waals surface area (Å²) in [6, 6.07) is -0.689. The van der Waals surface area contributed by atoms with Crippen molar-refractivity contribution in [2.45, 2.75) is 100 Å². The van der Waals surface area contributed by atoms with Gasteiger partial charge in [0.25, 0.3) is 0 Å². The molecule has 3 rings (SSSR count). The normalized spacial score (nSPS) is 41.0. The van der Waals surface area contributed by atoms with Crippen LogP contribution in [0, 0.1) is 5.92 Å². The number of fused-ring (bicyclic) bond motifs is 1. The van der Waals surface area contributed by atoms with Gasteiger partial charge in [-0.15, -0.1) is 23.4 Å². The third-order valence-corrected chi connectivity index (χ3v) is 7.15. The molecule has 0 radical (unpaired) electrons. The molecule has 3 aliphatic heterocycles. The Morgan fingerprint density at radius 2 is 2.07 bits per heavy atom. The second kappa shape index (κ2) is 9.59. The van der Waals surface area contributed by atoms with Gasteiger partial charge in [-0.25, -0.2) is 0 Å². The van der Waals surface area contributed by atoms with E-state index in [1.165, 1.54) is 11.8 Å². The van der Waals surface area contributed by atoms with Crippen molar-refractivity contribution < 1.29 is 24.1 Å². The summed E-state index contributed by atoms with van der Waals surface area (Å²) in [5.41, 5.74) is -0.480. The average Bonchev–Trinajstić information content (AvgIpc) is 3.24. The number of halogens is 1. The fraction of sp³-hybridized carbons (Fsp3) is 0.950. The van der Waals surface area contributed by atoms with Gasteiger partial charge in [-0.2, -0.15) is 0 Å². The molecule has 0 aromatic carbocycles. The standard InChI is InChI=1S/C20H35ClN2O5S/c1-6-7-11-8-12(22-9-11)18(25)23-13(10(2)21)15-17-16(27-20(3,4)28-17)14(24)19(26-15)29-5/h10-17,19,22,24H,6-9H2,1-5H3,(H,23,25)/t10-,11+,12-,13+,14+,15+,16+,17-,19+/m0/s1. The van der Waals surface area contributed by atoms with E-state index < -0.39 is 41.7 Å². The van der Waals surface area contributed by atoms with Gasteiger partial charge in [0.05, 0.1) is 17.5 Å². The number of aliphatic hydroxyl groups is 1. The largest absolute Gasteiger partial charge is 0.387 e. The van der Waals surface area contributed by atoms with Crippen LogP contribution in [0.1, 0.15) is 47.0 Å². The van der Waals surface area contributed by atoms with Gasteiger partial charge in [0.1, 0.15) is 29.9 Å². The highest BCUT2D eigenvalue weighted by molar-refractivity contribution is 7.99. The van der Waals surface area contributed by atoms with Crippen LogP contribution in [0.2, 0.25) is 0 Å². The Bertz CT molecular complexity index is 581. The van der Waals surface area contributed by atoms with Gasteiger partial charge in [0, 0.05) is 0 Å². The van der Waals surface area contributed by atoms with Crippen LogP contribution in [0.25, 0.3) is 0 Å². The minimum atomic E-state index is -0.838. The highest BCUT2D eigenvalue weighted by Gasteiger charge is 2.57. The Balaban J connectivity index is 1.74. The SMILES string of the molecule is CCC[C@H]1CN[C@H](C(=O)N[C@@H]([C@H]2O[C@H](SC)[C@H](O)[C@H]3OC(C)(C)O[C@H]32)[C@H](C)Cl)C1. The third kappa shape index (κ3) is 5.22. The highest BCUT2D eigenvalue weighted by atomic mass is 35.5. The fourth-order valence-electron chi connectivity index (χ4n) is 4.65. The smallest absolute Gasteiger partial charge is 0.237 e. The van der Waals surface area contributed by atoms with Gasteiger partial charge in [0.2, 0.25) is 5.91 Å².